The predicted octanol–water partition coefficient (Wildman–Crippen LogP) is 4.61. The van der Waals surface area contributed by atoms with Crippen LogP contribution in [0.2, 0.25) is 0 Å². The zero-order valence-corrected chi connectivity index (χ0v) is 13.5. The van der Waals surface area contributed by atoms with Crippen molar-refractivity contribution in [3.8, 4) is 0 Å². The van der Waals surface area contributed by atoms with Crippen molar-refractivity contribution in [3.63, 3.8) is 0 Å². The van der Waals surface area contributed by atoms with Crippen LogP contribution in [0.4, 0.5) is 5.69 Å². The van der Waals surface area contributed by atoms with Crippen molar-refractivity contribution >= 4 is 56.0 Å². The molecule has 0 unspecified atom stereocenters. The summed E-state index contributed by atoms with van der Waals surface area (Å²) in [6, 6.07) is 9.27. The quantitative estimate of drug-likeness (QED) is 0.692. The first-order valence-corrected chi connectivity index (χ1v) is 7.83. The van der Waals surface area contributed by atoms with Gasteiger partial charge in [-0.15, -0.1) is 11.3 Å². The Morgan fingerprint density at radius 1 is 1.38 bits per heavy atom. The molecule has 0 aliphatic rings. The molecule has 2 heterocycles. The van der Waals surface area contributed by atoms with E-state index in [0.29, 0.717) is 17.2 Å². The van der Waals surface area contributed by atoms with E-state index in [4.69, 9.17) is 4.42 Å². The first kappa shape index (κ1) is 14.0. The van der Waals surface area contributed by atoms with Gasteiger partial charge in [-0.25, -0.2) is 4.98 Å². The maximum Gasteiger partial charge on any atom is 0.248 e. The molecule has 0 fully saturated rings. The van der Waals surface area contributed by atoms with Gasteiger partial charge in [0.25, 0.3) is 0 Å². The van der Waals surface area contributed by atoms with Crippen molar-refractivity contribution in [3.05, 3.63) is 51.0 Å². The Kier molecular flexibility index (Phi) is 3.90. The van der Waals surface area contributed by atoms with E-state index in [1.54, 1.807) is 42.5 Å². The van der Waals surface area contributed by atoms with E-state index in [1.165, 1.54) is 6.08 Å². The fraction of sp³-hybridized carbons (Fsp3) is 0.0667. The number of aromatic nitrogens is 1. The average Bonchev–Trinajstić information content (AvgIpc) is 3.01. The standard InChI is InChI=1S/C15H11BrN2O2S/c1-9-17-12-8-10(2-5-13(12)20-9)18-15(19)7-4-11-3-6-14(16)21-11/h2-8H,1H3,(H,18,19). The van der Waals surface area contributed by atoms with Crippen LogP contribution in [0.5, 0.6) is 0 Å². The number of hydrogen-bond donors (Lipinski definition) is 1. The van der Waals surface area contributed by atoms with Crippen molar-refractivity contribution in [1.29, 1.82) is 0 Å². The number of thiophene rings is 1. The third kappa shape index (κ3) is 3.40. The number of halogens is 1. The van der Waals surface area contributed by atoms with Crippen molar-refractivity contribution in [2.75, 3.05) is 5.32 Å². The maximum atomic E-state index is 11.9. The van der Waals surface area contributed by atoms with Gasteiger partial charge >= 0.3 is 0 Å². The van der Waals surface area contributed by atoms with Gasteiger partial charge in [0.2, 0.25) is 5.91 Å². The monoisotopic (exact) mass is 362 g/mol. The topological polar surface area (TPSA) is 55.1 Å². The number of carbonyl (C=O) groups is 1. The van der Waals surface area contributed by atoms with Crippen LogP contribution < -0.4 is 5.32 Å². The zero-order valence-electron chi connectivity index (χ0n) is 11.1. The second-order valence-electron chi connectivity index (χ2n) is 4.38. The summed E-state index contributed by atoms with van der Waals surface area (Å²) in [4.78, 5) is 17.1. The minimum atomic E-state index is -0.181. The van der Waals surface area contributed by atoms with Crippen LogP contribution in [0.15, 0.2) is 44.6 Å². The van der Waals surface area contributed by atoms with Crippen LogP contribution in [0, 0.1) is 6.92 Å². The normalized spacial score (nSPS) is 11.3. The molecule has 1 amide bonds. The number of carbonyl (C=O) groups excluding carboxylic acids is 1. The third-order valence-corrected chi connectivity index (χ3v) is 4.34. The van der Waals surface area contributed by atoms with E-state index in [2.05, 4.69) is 26.2 Å². The first-order valence-electron chi connectivity index (χ1n) is 6.22. The minimum absolute atomic E-state index is 0.181. The Morgan fingerprint density at radius 2 is 2.24 bits per heavy atom. The highest BCUT2D eigenvalue weighted by Gasteiger charge is 2.04. The molecule has 0 bridgehead atoms. The van der Waals surface area contributed by atoms with Crippen LogP contribution >= 0.6 is 27.3 Å². The molecule has 3 rings (SSSR count). The van der Waals surface area contributed by atoms with Crippen LogP contribution in [0.1, 0.15) is 10.8 Å². The smallest absolute Gasteiger partial charge is 0.248 e. The number of nitrogens with one attached hydrogen (secondary N) is 1. The highest BCUT2D eigenvalue weighted by molar-refractivity contribution is 9.11. The molecular weight excluding hydrogens is 352 g/mol. The molecule has 4 nitrogen and oxygen atoms in total. The van der Waals surface area contributed by atoms with E-state index in [1.807, 2.05) is 12.1 Å². The zero-order chi connectivity index (χ0) is 14.8. The van der Waals surface area contributed by atoms with Gasteiger partial charge in [0.05, 0.1) is 3.79 Å². The maximum absolute atomic E-state index is 11.9. The number of oxazole rings is 1. The number of aryl methyl sites for hydroxylation is 1. The summed E-state index contributed by atoms with van der Waals surface area (Å²) in [5.74, 6) is 0.427. The molecule has 0 radical (unpaired) electrons. The largest absolute Gasteiger partial charge is 0.441 e. The summed E-state index contributed by atoms with van der Waals surface area (Å²) in [5, 5.41) is 2.81. The lowest BCUT2D eigenvalue weighted by atomic mass is 10.3. The van der Waals surface area contributed by atoms with E-state index in [9.17, 15) is 4.79 Å². The van der Waals surface area contributed by atoms with Crippen LogP contribution in [-0.2, 0) is 4.79 Å². The Morgan fingerprint density at radius 3 is 3.00 bits per heavy atom. The van der Waals surface area contributed by atoms with Gasteiger partial charge in [0.1, 0.15) is 5.52 Å². The number of nitrogens with zero attached hydrogens (tertiary/aromatic N) is 1. The molecule has 1 aromatic carbocycles. The Hall–Kier alpha value is -1.92. The lowest BCUT2D eigenvalue weighted by Crippen LogP contribution is -2.07. The van der Waals surface area contributed by atoms with Gasteiger partial charge in [-0.05, 0) is 52.3 Å². The molecule has 21 heavy (non-hydrogen) atoms. The second kappa shape index (κ2) is 5.83. The molecule has 0 atom stereocenters. The van der Waals surface area contributed by atoms with Gasteiger partial charge in [0, 0.05) is 23.6 Å². The van der Waals surface area contributed by atoms with E-state index in [-0.39, 0.29) is 5.91 Å². The molecule has 0 saturated carbocycles. The molecule has 0 spiro atoms. The lowest BCUT2D eigenvalue weighted by Gasteiger charge is -2.00. The SMILES string of the molecule is Cc1nc2cc(NC(=O)C=Cc3ccc(Br)s3)ccc2o1. The van der Waals surface area contributed by atoms with Crippen LogP contribution in [0.25, 0.3) is 17.2 Å². The summed E-state index contributed by atoms with van der Waals surface area (Å²) in [5.41, 5.74) is 2.14. The average molecular weight is 363 g/mol. The first-order chi connectivity index (χ1) is 10.1. The highest BCUT2D eigenvalue weighted by Crippen LogP contribution is 2.23. The molecule has 0 saturated heterocycles. The van der Waals surface area contributed by atoms with Crippen LogP contribution in [-0.4, -0.2) is 10.9 Å². The van der Waals surface area contributed by atoms with Crippen molar-refractivity contribution in [1.82, 2.24) is 4.98 Å². The van der Waals surface area contributed by atoms with Gasteiger partial charge < -0.3 is 9.73 Å². The molecule has 106 valence electrons. The summed E-state index contributed by atoms with van der Waals surface area (Å²) in [6.45, 7) is 1.79. The second-order valence-corrected chi connectivity index (χ2v) is 6.87. The van der Waals surface area contributed by atoms with E-state index < -0.39 is 0 Å². The van der Waals surface area contributed by atoms with Crippen molar-refractivity contribution in [2.45, 2.75) is 6.92 Å². The fourth-order valence-electron chi connectivity index (χ4n) is 1.88. The van der Waals surface area contributed by atoms with Gasteiger partial charge in [-0.3, -0.25) is 4.79 Å². The van der Waals surface area contributed by atoms with Crippen molar-refractivity contribution < 1.29 is 9.21 Å². The molecule has 6 heteroatoms. The van der Waals surface area contributed by atoms with Gasteiger partial charge in [-0.1, -0.05) is 0 Å². The molecule has 1 N–H and O–H groups in total. The highest BCUT2D eigenvalue weighted by atomic mass is 79.9. The van der Waals surface area contributed by atoms with Crippen LogP contribution in [0.3, 0.4) is 0 Å². The summed E-state index contributed by atoms with van der Waals surface area (Å²) >= 11 is 4.95. The Bertz CT molecular complexity index is 835. The molecule has 2 aromatic heterocycles. The number of rotatable bonds is 3. The molecule has 3 aromatic rings. The number of hydrogen-bond acceptors (Lipinski definition) is 4. The summed E-state index contributed by atoms with van der Waals surface area (Å²) in [6.07, 6.45) is 3.29. The van der Waals surface area contributed by atoms with E-state index in [0.717, 1.165) is 14.2 Å². The number of anilines is 1. The summed E-state index contributed by atoms with van der Waals surface area (Å²) < 4.78 is 6.43. The Labute approximate surface area is 133 Å². The third-order valence-electron chi connectivity index (χ3n) is 2.75. The Balaban J connectivity index is 1.72. The number of fused-ring (bicyclic) bond motifs is 1. The number of amides is 1. The van der Waals surface area contributed by atoms with E-state index >= 15 is 0 Å². The molecule has 0 aliphatic carbocycles. The van der Waals surface area contributed by atoms with Crippen molar-refractivity contribution in [2.24, 2.45) is 0 Å². The molecular formula is C15H11BrN2O2S. The molecule has 0 aliphatic heterocycles. The van der Waals surface area contributed by atoms with Gasteiger partial charge in [-0.2, -0.15) is 0 Å². The minimum Gasteiger partial charge on any atom is -0.441 e. The predicted molar refractivity (Wildman–Crippen MR) is 88.4 cm³/mol. The lowest BCUT2D eigenvalue weighted by molar-refractivity contribution is -0.111. The fourth-order valence-corrected chi connectivity index (χ4v) is 3.21. The summed E-state index contributed by atoms with van der Waals surface area (Å²) in [7, 11) is 0. The number of benzene rings is 1. The van der Waals surface area contributed by atoms with Gasteiger partial charge in [0.15, 0.2) is 11.5 Å².